The van der Waals surface area contributed by atoms with Crippen molar-refractivity contribution in [2.24, 2.45) is 0 Å². The van der Waals surface area contributed by atoms with Gasteiger partial charge in [0.25, 0.3) is 0 Å². The standard InChI is InChI=1S/C10H14ClN5/c1-7-8(11)9(15-6-5-12-14-15)13-16(7)10(2,3)4/h5-6H,1-4H3. The Morgan fingerprint density at radius 3 is 2.44 bits per heavy atom. The van der Waals surface area contributed by atoms with Crippen LogP contribution in [0.3, 0.4) is 0 Å². The van der Waals surface area contributed by atoms with Crippen LogP contribution in [-0.2, 0) is 5.54 Å². The summed E-state index contributed by atoms with van der Waals surface area (Å²) in [5.41, 5.74) is 0.826. The maximum atomic E-state index is 6.24. The van der Waals surface area contributed by atoms with Gasteiger partial charge in [0.15, 0.2) is 5.82 Å². The van der Waals surface area contributed by atoms with Gasteiger partial charge in [0.05, 0.1) is 23.6 Å². The van der Waals surface area contributed by atoms with E-state index in [2.05, 4.69) is 36.2 Å². The van der Waals surface area contributed by atoms with Crippen LogP contribution in [0.5, 0.6) is 0 Å². The van der Waals surface area contributed by atoms with Gasteiger partial charge in [0.2, 0.25) is 0 Å². The van der Waals surface area contributed by atoms with Gasteiger partial charge in [-0.05, 0) is 27.7 Å². The van der Waals surface area contributed by atoms with Crippen molar-refractivity contribution >= 4 is 11.6 Å². The summed E-state index contributed by atoms with van der Waals surface area (Å²) in [6.07, 6.45) is 3.32. The lowest BCUT2D eigenvalue weighted by molar-refractivity contribution is 0.347. The van der Waals surface area contributed by atoms with Crippen LogP contribution in [0.25, 0.3) is 5.82 Å². The predicted molar refractivity (Wildman–Crippen MR) is 61.9 cm³/mol. The second-order valence-electron chi connectivity index (χ2n) is 4.65. The molecule has 0 radical (unpaired) electrons. The first kappa shape index (κ1) is 11.1. The number of aromatic nitrogens is 5. The minimum atomic E-state index is -0.105. The van der Waals surface area contributed by atoms with Gasteiger partial charge >= 0.3 is 0 Å². The summed E-state index contributed by atoms with van der Waals surface area (Å²) in [6, 6.07) is 0. The van der Waals surface area contributed by atoms with Crippen molar-refractivity contribution in [1.82, 2.24) is 24.8 Å². The number of hydrogen-bond acceptors (Lipinski definition) is 3. The van der Waals surface area contributed by atoms with E-state index in [0.717, 1.165) is 5.69 Å². The molecule has 0 saturated heterocycles. The molecule has 6 heteroatoms. The van der Waals surface area contributed by atoms with Crippen molar-refractivity contribution in [2.75, 3.05) is 0 Å². The van der Waals surface area contributed by atoms with E-state index < -0.39 is 0 Å². The fraction of sp³-hybridized carbons (Fsp3) is 0.500. The van der Waals surface area contributed by atoms with E-state index in [1.54, 1.807) is 17.1 Å². The Bertz CT molecular complexity index is 492. The maximum Gasteiger partial charge on any atom is 0.195 e. The van der Waals surface area contributed by atoms with Gasteiger partial charge in [-0.1, -0.05) is 16.8 Å². The van der Waals surface area contributed by atoms with Gasteiger partial charge in [-0.15, -0.1) is 5.10 Å². The second kappa shape index (κ2) is 3.59. The van der Waals surface area contributed by atoms with Gasteiger partial charge < -0.3 is 0 Å². The topological polar surface area (TPSA) is 48.5 Å². The SMILES string of the molecule is Cc1c(Cl)c(-n2ccnn2)nn1C(C)(C)C. The summed E-state index contributed by atoms with van der Waals surface area (Å²) in [5, 5.41) is 12.7. The Labute approximate surface area is 99.0 Å². The van der Waals surface area contributed by atoms with Crippen molar-refractivity contribution in [3.63, 3.8) is 0 Å². The number of rotatable bonds is 1. The van der Waals surface area contributed by atoms with Crippen molar-refractivity contribution in [1.29, 1.82) is 0 Å². The van der Waals surface area contributed by atoms with Crippen molar-refractivity contribution in [3.8, 4) is 5.82 Å². The largest absolute Gasteiger partial charge is 0.261 e. The molecule has 0 bridgehead atoms. The quantitative estimate of drug-likeness (QED) is 0.767. The van der Waals surface area contributed by atoms with Crippen molar-refractivity contribution in [2.45, 2.75) is 33.2 Å². The van der Waals surface area contributed by atoms with E-state index in [1.165, 1.54) is 0 Å². The lowest BCUT2D eigenvalue weighted by Gasteiger charge is -2.20. The molecule has 2 aromatic heterocycles. The molecule has 2 heterocycles. The fourth-order valence-electron chi connectivity index (χ4n) is 1.59. The van der Waals surface area contributed by atoms with Crippen LogP contribution in [-0.4, -0.2) is 24.8 Å². The minimum absolute atomic E-state index is 0.105. The number of halogens is 1. The van der Waals surface area contributed by atoms with E-state index in [-0.39, 0.29) is 5.54 Å². The van der Waals surface area contributed by atoms with Crippen LogP contribution in [0, 0.1) is 6.92 Å². The summed E-state index contributed by atoms with van der Waals surface area (Å²) >= 11 is 6.24. The highest BCUT2D eigenvalue weighted by atomic mass is 35.5. The van der Waals surface area contributed by atoms with Gasteiger partial charge in [0, 0.05) is 0 Å². The summed E-state index contributed by atoms with van der Waals surface area (Å²) in [5.74, 6) is 0.617. The van der Waals surface area contributed by atoms with Crippen molar-refractivity contribution < 1.29 is 0 Å². The van der Waals surface area contributed by atoms with Crippen molar-refractivity contribution in [3.05, 3.63) is 23.1 Å². The molecule has 0 aromatic carbocycles. The molecule has 86 valence electrons. The van der Waals surface area contributed by atoms with Crippen LogP contribution >= 0.6 is 11.6 Å². The first-order valence-corrected chi connectivity index (χ1v) is 5.41. The zero-order valence-corrected chi connectivity index (χ0v) is 10.5. The molecule has 0 saturated carbocycles. The third kappa shape index (κ3) is 1.71. The molecule has 0 amide bonds. The first-order chi connectivity index (χ1) is 7.41. The molecule has 0 atom stereocenters. The third-order valence-corrected chi connectivity index (χ3v) is 2.74. The zero-order chi connectivity index (χ0) is 11.9. The Morgan fingerprint density at radius 1 is 1.31 bits per heavy atom. The monoisotopic (exact) mass is 239 g/mol. The number of hydrogen-bond donors (Lipinski definition) is 0. The molecule has 0 aliphatic carbocycles. The molecule has 0 aliphatic rings. The molecule has 0 N–H and O–H groups in total. The second-order valence-corrected chi connectivity index (χ2v) is 5.03. The van der Waals surface area contributed by atoms with Gasteiger partial charge in [-0.25, -0.2) is 0 Å². The zero-order valence-electron chi connectivity index (χ0n) is 9.77. The normalized spacial score (nSPS) is 12.1. The van der Waals surface area contributed by atoms with Crippen LogP contribution in [0.1, 0.15) is 26.5 Å². The van der Waals surface area contributed by atoms with Gasteiger partial charge in [-0.2, -0.15) is 9.78 Å². The Morgan fingerprint density at radius 2 is 2.00 bits per heavy atom. The minimum Gasteiger partial charge on any atom is -0.261 e. The number of nitrogens with zero attached hydrogens (tertiary/aromatic N) is 5. The predicted octanol–water partition coefficient (Wildman–Crippen LogP) is 2.18. The Kier molecular flexibility index (Phi) is 2.50. The molecular formula is C10H14ClN5. The third-order valence-electron chi connectivity index (χ3n) is 2.30. The molecule has 5 nitrogen and oxygen atoms in total. The summed E-state index contributed by atoms with van der Waals surface area (Å²) in [4.78, 5) is 0. The maximum absolute atomic E-state index is 6.24. The van der Waals surface area contributed by atoms with Gasteiger partial charge in [0.1, 0.15) is 5.02 Å². The smallest absolute Gasteiger partial charge is 0.195 e. The fourth-order valence-corrected chi connectivity index (χ4v) is 1.79. The van der Waals surface area contributed by atoms with Crippen LogP contribution in [0.15, 0.2) is 12.4 Å². The molecule has 0 aliphatic heterocycles. The molecule has 2 aromatic rings. The van der Waals surface area contributed by atoms with E-state index in [9.17, 15) is 0 Å². The molecule has 2 rings (SSSR count). The summed E-state index contributed by atoms with van der Waals surface area (Å²) in [6.45, 7) is 8.18. The lowest BCUT2D eigenvalue weighted by atomic mass is 10.1. The molecule has 16 heavy (non-hydrogen) atoms. The molecule has 0 unspecified atom stereocenters. The highest BCUT2D eigenvalue weighted by Gasteiger charge is 2.22. The Hall–Kier alpha value is -1.36. The summed E-state index contributed by atoms with van der Waals surface area (Å²) in [7, 11) is 0. The van der Waals surface area contributed by atoms with E-state index in [1.807, 2.05) is 11.6 Å². The van der Waals surface area contributed by atoms with E-state index in [4.69, 9.17) is 11.6 Å². The highest BCUT2D eigenvalue weighted by molar-refractivity contribution is 6.32. The van der Waals surface area contributed by atoms with E-state index in [0.29, 0.717) is 10.8 Å². The van der Waals surface area contributed by atoms with Crippen LogP contribution in [0.2, 0.25) is 5.02 Å². The molecular weight excluding hydrogens is 226 g/mol. The average molecular weight is 240 g/mol. The first-order valence-electron chi connectivity index (χ1n) is 5.03. The van der Waals surface area contributed by atoms with Crippen LogP contribution < -0.4 is 0 Å². The van der Waals surface area contributed by atoms with Gasteiger partial charge in [-0.3, -0.25) is 4.68 Å². The molecule has 0 fully saturated rings. The Balaban J connectivity index is 2.59. The summed E-state index contributed by atoms with van der Waals surface area (Å²) < 4.78 is 3.46. The highest BCUT2D eigenvalue weighted by Crippen LogP contribution is 2.27. The van der Waals surface area contributed by atoms with E-state index >= 15 is 0 Å². The lowest BCUT2D eigenvalue weighted by Crippen LogP contribution is -2.24. The average Bonchev–Trinajstić information content (AvgIpc) is 2.75. The van der Waals surface area contributed by atoms with Crippen LogP contribution in [0.4, 0.5) is 0 Å². The molecule has 0 spiro atoms.